The second-order valence-electron chi connectivity index (χ2n) is 5.46. The smallest absolute Gasteiger partial charge is 0.141 e. The molecular formula is C13H18BrClFNO. The molecule has 0 aromatic heterocycles. The van der Waals surface area contributed by atoms with Crippen molar-refractivity contribution in [3.05, 3.63) is 27.4 Å². The Labute approximate surface area is 121 Å². The van der Waals surface area contributed by atoms with Crippen LogP contribution in [0.3, 0.4) is 0 Å². The molecule has 2 unspecified atom stereocenters. The van der Waals surface area contributed by atoms with Crippen molar-refractivity contribution in [1.82, 2.24) is 0 Å². The molecule has 0 radical (unpaired) electrons. The Morgan fingerprint density at radius 3 is 2.39 bits per heavy atom. The van der Waals surface area contributed by atoms with E-state index >= 15 is 0 Å². The highest BCUT2D eigenvalue weighted by molar-refractivity contribution is 9.10. The topological polar surface area (TPSA) is 35.2 Å². The lowest BCUT2D eigenvalue weighted by Crippen LogP contribution is -2.45. The van der Waals surface area contributed by atoms with Crippen LogP contribution in [0, 0.1) is 11.2 Å². The summed E-state index contributed by atoms with van der Waals surface area (Å²) in [5.41, 5.74) is 5.75. The summed E-state index contributed by atoms with van der Waals surface area (Å²) in [6.07, 6.45) is -0.254. The van der Waals surface area contributed by atoms with Gasteiger partial charge in [-0.1, -0.05) is 32.4 Å². The van der Waals surface area contributed by atoms with E-state index in [4.69, 9.17) is 22.1 Å². The molecule has 2 atom stereocenters. The Morgan fingerprint density at radius 2 is 1.94 bits per heavy atom. The van der Waals surface area contributed by atoms with E-state index in [-0.39, 0.29) is 17.6 Å². The van der Waals surface area contributed by atoms with E-state index in [0.29, 0.717) is 15.2 Å². The van der Waals surface area contributed by atoms with Crippen LogP contribution in [0.15, 0.2) is 16.6 Å². The predicted molar refractivity (Wildman–Crippen MR) is 76.6 cm³/mol. The molecule has 102 valence electrons. The zero-order valence-corrected chi connectivity index (χ0v) is 13.3. The molecule has 0 heterocycles. The summed E-state index contributed by atoms with van der Waals surface area (Å²) >= 11 is 9.11. The molecule has 0 aliphatic heterocycles. The van der Waals surface area contributed by atoms with Crippen molar-refractivity contribution in [2.24, 2.45) is 11.1 Å². The third-order valence-electron chi connectivity index (χ3n) is 2.56. The molecule has 1 aromatic rings. The molecule has 1 rings (SSSR count). The van der Waals surface area contributed by atoms with Gasteiger partial charge in [-0.05, 0) is 28.9 Å². The van der Waals surface area contributed by atoms with Gasteiger partial charge in [0.1, 0.15) is 17.7 Å². The lowest BCUT2D eigenvalue weighted by Gasteiger charge is -2.34. The normalized spacial score (nSPS) is 15.3. The van der Waals surface area contributed by atoms with Crippen molar-refractivity contribution in [1.29, 1.82) is 0 Å². The van der Waals surface area contributed by atoms with Crippen LogP contribution in [0.25, 0.3) is 0 Å². The predicted octanol–water partition coefficient (Wildman–Crippen LogP) is 4.38. The average Bonchev–Trinajstić information content (AvgIpc) is 2.19. The number of hydrogen-bond acceptors (Lipinski definition) is 2. The Hall–Kier alpha value is -0.320. The Kier molecular flexibility index (Phi) is 5.04. The first-order chi connectivity index (χ1) is 8.12. The molecular weight excluding hydrogens is 321 g/mol. The van der Waals surface area contributed by atoms with Crippen LogP contribution < -0.4 is 10.5 Å². The molecule has 0 saturated heterocycles. The van der Waals surface area contributed by atoms with Gasteiger partial charge in [0.25, 0.3) is 0 Å². The molecule has 0 amide bonds. The fraction of sp³-hybridized carbons (Fsp3) is 0.538. The molecule has 1 aromatic carbocycles. The van der Waals surface area contributed by atoms with Crippen molar-refractivity contribution >= 4 is 27.5 Å². The van der Waals surface area contributed by atoms with Crippen molar-refractivity contribution < 1.29 is 9.13 Å². The van der Waals surface area contributed by atoms with Gasteiger partial charge in [-0.2, -0.15) is 0 Å². The lowest BCUT2D eigenvalue weighted by atomic mass is 9.85. The summed E-state index contributed by atoms with van der Waals surface area (Å²) in [6, 6.07) is 2.56. The monoisotopic (exact) mass is 337 g/mol. The maximum Gasteiger partial charge on any atom is 0.141 e. The van der Waals surface area contributed by atoms with Gasteiger partial charge in [0.15, 0.2) is 0 Å². The highest BCUT2D eigenvalue weighted by Gasteiger charge is 2.30. The van der Waals surface area contributed by atoms with E-state index in [1.165, 1.54) is 12.1 Å². The van der Waals surface area contributed by atoms with Crippen LogP contribution in [0.2, 0.25) is 5.02 Å². The van der Waals surface area contributed by atoms with Gasteiger partial charge in [0, 0.05) is 17.5 Å². The second-order valence-corrected chi connectivity index (χ2v) is 6.72. The van der Waals surface area contributed by atoms with E-state index in [0.717, 1.165) is 0 Å². The molecule has 18 heavy (non-hydrogen) atoms. The molecule has 2 nitrogen and oxygen atoms in total. The van der Waals surface area contributed by atoms with Crippen molar-refractivity contribution in [3.63, 3.8) is 0 Å². The molecule has 2 N–H and O–H groups in total. The highest BCUT2D eigenvalue weighted by Crippen LogP contribution is 2.34. The van der Waals surface area contributed by atoms with Gasteiger partial charge in [0.2, 0.25) is 0 Å². The van der Waals surface area contributed by atoms with E-state index in [2.05, 4.69) is 15.9 Å². The van der Waals surface area contributed by atoms with Crippen LogP contribution in [-0.2, 0) is 0 Å². The Bertz CT molecular complexity index is 432. The third kappa shape index (κ3) is 3.84. The van der Waals surface area contributed by atoms with Crippen molar-refractivity contribution in [2.45, 2.75) is 39.8 Å². The first-order valence-corrected chi connectivity index (χ1v) is 6.87. The van der Waals surface area contributed by atoms with Gasteiger partial charge in [0.05, 0.1) is 9.50 Å². The summed E-state index contributed by atoms with van der Waals surface area (Å²) in [5.74, 6) is -0.0960. The minimum Gasteiger partial charge on any atom is -0.487 e. The minimum absolute atomic E-state index is 0.166. The Balaban J connectivity index is 3.05. The Morgan fingerprint density at radius 1 is 1.39 bits per heavy atom. The van der Waals surface area contributed by atoms with Gasteiger partial charge in [-0.3, -0.25) is 0 Å². The fourth-order valence-corrected chi connectivity index (χ4v) is 2.49. The van der Waals surface area contributed by atoms with Crippen molar-refractivity contribution in [2.75, 3.05) is 0 Å². The summed E-state index contributed by atoms with van der Waals surface area (Å²) in [5, 5.41) is 0.359. The van der Waals surface area contributed by atoms with E-state index in [1.54, 1.807) is 0 Å². The molecule has 0 bridgehead atoms. The van der Waals surface area contributed by atoms with Crippen LogP contribution >= 0.6 is 27.5 Å². The van der Waals surface area contributed by atoms with Crippen LogP contribution in [0.5, 0.6) is 5.75 Å². The van der Waals surface area contributed by atoms with Gasteiger partial charge < -0.3 is 10.5 Å². The lowest BCUT2D eigenvalue weighted by molar-refractivity contribution is 0.0682. The third-order valence-corrected chi connectivity index (χ3v) is 3.46. The minimum atomic E-state index is -0.410. The number of ether oxygens (including phenoxy) is 1. The summed E-state index contributed by atoms with van der Waals surface area (Å²) in [7, 11) is 0. The first-order valence-electron chi connectivity index (χ1n) is 5.69. The quantitative estimate of drug-likeness (QED) is 0.830. The molecule has 0 aliphatic rings. The number of hydrogen-bond donors (Lipinski definition) is 1. The maximum absolute atomic E-state index is 13.5. The van der Waals surface area contributed by atoms with Gasteiger partial charge >= 0.3 is 0 Å². The van der Waals surface area contributed by atoms with Crippen molar-refractivity contribution in [3.8, 4) is 5.75 Å². The molecule has 0 saturated carbocycles. The number of benzene rings is 1. The van der Waals surface area contributed by atoms with Crippen LogP contribution in [-0.4, -0.2) is 12.1 Å². The van der Waals surface area contributed by atoms with E-state index in [9.17, 15) is 4.39 Å². The number of halogens is 3. The second kappa shape index (κ2) is 5.76. The summed E-state index contributed by atoms with van der Waals surface area (Å²) in [4.78, 5) is 0. The summed E-state index contributed by atoms with van der Waals surface area (Å²) in [6.45, 7) is 7.91. The molecule has 0 aliphatic carbocycles. The van der Waals surface area contributed by atoms with Crippen LogP contribution in [0.4, 0.5) is 4.39 Å². The first kappa shape index (κ1) is 15.7. The standard InChI is InChI=1S/C13H18BrClFNO/c1-7(17)12(13(2,3)4)18-11-6-10(16)8(14)5-9(11)15/h5-7,12H,17H2,1-4H3. The van der Waals surface area contributed by atoms with Crippen LogP contribution in [0.1, 0.15) is 27.7 Å². The maximum atomic E-state index is 13.5. The highest BCUT2D eigenvalue weighted by atomic mass is 79.9. The van der Waals surface area contributed by atoms with E-state index in [1.807, 2.05) is 27.7 Å². The summed E-state index contributed by atoms with van der Waals surface area (Å²) < 4.78 is 19.6. The largest absolute Gasteiger partial charge is 0.487 e. The van der Waals surface area contributed by atoms with Gasteiger partial charge in [-0.15, -0.1) is 0 Å². The molecule has 0 fully saturated rings. The zero-order chi connectivity index (χ0) is 14.1. The average molecular weight is 339 g/mol. The fourth-order valence-electron chi connectivity index (χ4n) is 1.80. The number of rotatable bonds is 3. The zero-order valence-electron chi connectivity index (χ0n) is 10.9. The molecule has 5 heteroatoms. The SMILES string of the molecule is CC(N)C(Oc1cc(F)c(Br)cc1Cl)C(C)(C)C. The van der Waals surface area contributed by atoms with E-state index < -0.39 is 5.82 Å². The van der Waals surface area contributed by atoms with Gasteiger partial charge in [-0.25, -0.2) is 4.39 Å². The molecule has 0 spiro atoms. The number of nitrogens with two attached hydrogens (primary N) is 1.